The standard InChI is InChI=1S/C16H14N2O2S/c1-19-14-6-5-11(8-15(14)20-2)13-9-18(10-21)16-12(13)4-3-7-17-16/h3-10H,1-2H3. The number of methoxy groups -OCH3 is 2. The first-order chi connectivity index (χ1) is 10.3. The van der Waals surface area contributed by atoms with Gasteiger partial charge in [0.05, 0.1) is 19.7 Å². The van der Waals surface area contributed by atoms with Crippen LogP contribution in [0.4, 0.5) is 0 Å². The zero-order valence-electron chi connectivity index (χ0n) is 11.7. The lowest BCUT2D eigenvalue weighted by Gasteiger charge is -2.09. The molecule has 0 fully saturated rings. The Morgan fingerprint density at radius 2 is 1.95 bits per heavy atom. The number of aromatic nitrogens is 2. The van der Waals surface area contributed by atoms with Crippen molar-refractivity contribution >= 4 is 28.7 Å². The van der Waals surface area contributed by atoms with E-state index in [2.05, 4.69) is 4.98 Å². The van der Waals surface area contributed by atoms with E-state index in [1.807, 2.05) is 41.1 Å². The molecule has 106 valence electrons. The van der Waals surface area contributed by atoms with Crippen molar-refractivity contribution in [2.45, 2.75) is 0 Å². The summed E-state index contributed by atoms with van der Waals surface area (Å²) in [5, 5.41) is 1.05. The average Bonchev–Trinajstić information content (AvgIpc) is 2.93. The van der Waals surface area contributed by atoms with Crippen LogP contribution in [0.1, 0.15) is 0 Å². The van der Waals surface area contributed by atoms with Crippen molar-refractivity contribution in [2.75, 3.05) is 14.2 Å². The van der Waals surface area contributed by atoms with E-state index in [1.54, 1.807) is 25.9 Å². The van der Waals surface area contributed by atoms with E-state index in [-0.39, 0.29) is 0 Å². The fourth-order valence-corrected chi connectivity index (χ4v) is 2.56. The van der Waals surface area contributed by atoms with Crippen LogP contribution in [0.15, 0.2) is 42.7 Å². The van der Waals surface area contributed by atoms with Crippen molar-refractivity contribution in [1.29, 1.82) is 0 Å². The first-order valence-electron chi connectivity index (χ1n) is 6.41. The summed E-state index contributed by atoms with van der Waals surface area (Å²) in [6.45, 7) is 0. The molecule has 1 aromatic carbocycles. The maximum atomic E-state index is 5.37. The van der Waals surface area contributed by atoms with Gasteiger partial charge >= 0.3 is 0 Å². The molecule has 0 saturated carbocycles. The summed E-state index contributed by atoms with van der Waals surface area (Å²) < 4.78 is 12.5. The number of ether oxygens (including phenoxy) is 2. The molecule has 0 N–H and O–H groups in total. The zero-order valence-corrected chi connectivity index (χ0v) is 12.6. The van der Waals surface area contributed by atoms with Gasteiger partial charge < -0.3 is 9.47 Å². The summed E-state index contributed by atoms with van der Waals surface area (Å²) >= 11 is 5.05. The molecule has 2 aromatic heterocycles. The maximum Gasteiger partial charge on any atom is 0.161 e. The number of thiocarbonyl (C=S) groups is 1. The van der Waals surface area contributed by atoms with Gasteiger partial charge in [0.1, 0.15) is 5.65 Å². The Morgan fingerprint density at radius 1 is 1.14 bits per heavy atom. The van der Waals surface area contributed by atoms with Crippen LogP contribution in [0.2, 0.25) is 0 Å². The van der Waals surface area contributed by atoms with Gasteiger partial charge in [0.25, 0.3) is 0 Å². The lowest BCUT2D eigenvalue weighted by Crippen LogP contribution is -1.91. The van der Waals surface area contributed by atoms with Crippen molar-refractivity contribution in [3.63, 3.8) is 0 Å². The minimum absolute atomic E-state index is 0.696. The number of nitrogens with zero attached hydrogens (tertiary/aromatic N) is 2. The second-order valence-electron chi connectivity index (χ2n) is 4.50. The second-order valence-corrected chi connectivity index (χ2v) is 4.71. The Balaban J connectivity index is 2.23. The predicted molar refractivity (Wildman–Crippen MR) is 87.3 cm³/mol. The average molecular weight is 298 g/mol. The minimum Gasteiger partial charge on any atom is -0.493 e. The van der Waals surface area contributed by atoms with Gasteiger partial charge in [-0.25, -0.2) is 4.98 Å². The van der Waals surface area contributed by atoms with Crippen molar-refractivity contribution in [2.24, 2.45) is 0 Å². The van der Waals surface area contributed by atoms with Crippen molar-refractivity contribution < 1.29 is 9.47 Å². The van der Waals surface area contributed by atoms with Crippen LogP contribution in [0.25, 0.3) is 22.2 Å². The highest BCUT2D eigenvalue weighted by atomic mass is 32.1. The van der Waals surface area contributed by atoms with E-state index in [9.17, 15) is 0 Å². The summed E-state index contributed by atoms with van der Waals surface area (Å²) in [5.41, 5.74) is 4.51. The Labute approximate surface area is 127 Å². The van der Waals surface area contributed by atoms with E-state index >= 15 is 0 Å². The highest BCUT2D eigenvalue weighted by molar-refractivity contribution is 7.78. The molecule has 0 aliphatic carbocycles. The summed E-state index contributed by atoms with van der Waals surface area (Å²) in [6, 6.07) is 9.79. The van der Waals surface area contributed by atoms with Gasteiger partial charge in [0, 0.05) is 23.3 Å². The number of hydrogen-bond donors (Lipinski definition) is 0. The molecule has 0 aliphatic heterocycles. The largest absolute Gasteiger partial charge is 0.493 e. The van der Waals surface area contributed by atoms with Gasteiger partial charge in [0.2, 0.25) is 0 Å². The number of hydrogen-bond acceptors (Lipinski definition) is 4. The van der Waals surface area contributed by atoms with Gasteiger partial charge in [-0.3, -0.25) is 4.57 Å². The van der Waals surface area contributed by atoms with Gasteiger partial charge in [-0.1, -0.05) is 18.3 Å². The SMILES string of the molecule is COc1ccc(-c2cn(C=S)c3ncccc23)cc1OC. The van der Waals surface area contributed by atoms with Crippen molar-refractivity contribution in [3.05, 3.63) is 42.7 Å². The molecule has 0 unspecified atom stereocenters. The van der Waals surface area contributed by atoms with E-state index < -0.39 is 0 Å². The van der Waals surface area contributed by atoms with Gasteiger partial charge in [-0.15, -0.1) is 0 Å². The van der Waals surface area contributed by atoms with E-state index in [0.717, 1.165) is 22.2 Å². The van der Waals surface area contributed by atoms with E-state index in [1.165, 1.54) is 0 Å². The molecule has 21 heavy (non-hydrogen) atoms. The maximum absolute atomic E-state index is 5.37. The van der Waals surface area contributed by atoms with Gasteiger partial charge in [-0.05, 0) is 29.8 Å². The monoisotopic (exact) mass is 298 g/mol. The molecule has 0 aliphatic rings. The second kappa shape index (κ2) is 5.54. The minimum atomic E-state index is 0.696. The number of benzene rings is 1. The molecule has 5 heteroatoms. The summed E-state index contributed by atoms with van der Waals surface area (Å²) in [5.74, 6) is 1.40. The first-order valence-corrected chi connectivity index (χ1v) is 6.89. The third-order valence-electron chi connectivity index (χ3n) is 3.40. The zero-order chi connectivity index (χ0) is 14.8. The normalized spacial score (nSPS) is 10.6. The smallest absolute Gasteiger partial charge is 0.161 e. The molecule has 0 saturated heterocycles. The third-order valence-corrected chi connectivity index (χ3v) is 3.62. The molecule has 0 spiro atoms. The molecule has 0 atom stereocenters. The topological polar surface area (TPSA) is 36.3 Å². The molecule has 3 rings (SSSR count). The lowest BCUT2D eigenvalue weighted by molar-refractivity contribution is 0.355. The Kier molecular flexibility index (Phi) is 3.58. The molecule has 0 amide bonds. The Bertz CT molecular complexity index is 811. The van der Waals surface area contributed by atoms with Crippen LogP contribution in [0, 0.1) is 0 Å². The molecule has 0 radical (unpaired) electrons. The van der Waals surface area contributed by atoms with Gasteiger partial charge in [-0.2, -0.15) is 0 Å². The summed E-state index contributed by atoms with van der Waals surface area (Å²) in [6.07, 6.45) is 3.74. The highest BCUT2D eigenvalue weighted by Crippen LogP contribution is 2.35. The first kappa shape index (κ1) is 13.6. The molecular weight excluding hydrogens is 284 g/mol. The van der Waals surface area contributed by atoms with Crippen LogP contribution in [0.5, 0.6) is 11.5 Å². The highest BCUT2D eigenvalue weighted by Gasteiger charge is 2.12. The fourth-order valence-electron chi connectivity index (χ4n) is 2.40. The molecule has 3 aromatic rings. The molecule has 0 bridgehead atoms. The molecule has 2 heterocycles. The van der Waals surface area contributed by atoms with Gasteiger partial charge in [0.15, 0.2) is 11.5 Å². The Hall–Kier alpha value is -2.40. The fraction of sp³-hybridized carbons (Fsp3) is 0.125. The number of rotatable bonds is 4. The summed E-state index contributed by atoms with van der Waals surface area (Å²) in [7, 11) is 3.25. The van der Waals surface area contributed by atoms with E-state index in [0.29, 0.717) is 11.5 Å². The number of pyridine rings is 1. The van der Waals surface area contributed by atoms with Crippen molar-refractivity contribution in [1.82, 2.24) is 9.55 Å². The summed E-state index contributed by atoms with van der Waals surface area (Å²) in [4.78, 5) is 4.38. The number of fused-ring (bicyclic) bond motifs is 1. The van der Waals surface area contributed by atoms with E-state index in [4.69, 9.17) is 21.7 Å². The third kappa shape index (κ3) is 2.25. The van der Waals surface area contributed by atoms with Crippen LogP contribution in [0.3, 0.4) is 0 Å². The Morgan fingerprint density at radius 3 is 2.67 bits per heavy atom. The molecular formula is C16H14N2O2S. The molecule has 4 nitrogen and oxygen atoms in total. The quantitative estimate of drug-likeness (QED) is 0.690. The van der Waals surface area contributed by atoms with Crippen LogP contribution >= 0.6 is 12.2 Å². The van der Waals surface area contributed by atoms with Crippen LogP contribution in [-0.2, 0) is 0 Å². The lowest BCUT2D eigenvalue weighted by atomic mass is 10.1. The van der Waals surface area contributed by atoms with Crippen molar-refractivity contribution in [3.8, 4) is 22.6 Å². The predicted octanol–water partition coefficient (Wildman–Crippen LogP) is 3.53. The van der Waals surface area contributed by atoms with Crippen LogP contribution in [-0.4, -0.2) is 29.3 Å². The van der Waals surface area contributed by atoms with Crippen LogP contribution < -0.4 is 9.47 Å².